The lowest BCUT2D eigenvalue weighted by Crippen LogP contribution is -2.37. The smallest absolute Gasteiger partial charge is 0.253 e. The second kappa shape index (κ2) is 8.11. The third kappa shape index (κ3) is 4.56. The molecule has 0 bridgehead atoms. The van der Waals surface area contributed by atoms with Gasteiger partial charge in [0.2, 0.25) is 0 Å². The largest absolute Gasteiger partial charge is 0.339 e. The molecule has 132 valence electrons. The number of hydrogen-bond donors (Lipinski definition) is 0. The van der Waals surface area contributed by atoms with Crippen LogP contribution in [0.3, 0.4) is 0 Å². The number of benzene rings is 1. The Balaban J connectivity index is 1.51. The fourth-order valence-corrected chi connectivity index (χ4v) is 3.94. The molecule has 1 atom stereocenters. The van der Waals surface area contributed by atoms with Crippen LogP contribution >= 0.6 is 0 Å². The van der Waals surface area contributed by atoms with Gasteiger partial charge >= 0.3 is 0 Å². The van der Waals surface area contributed by atoms with Crippen molar-refractivity contribution in [1.82, 2.24) is 9.80 Å². The van der Waals surface area contributed by atoms with E-state index in [0.29, 0.717) is 11.5 Å². The summed E-state index contributed by atoms with van der Waals surface area (Å²) in [7, 11) is 0. The monoisotopic (exact) mass is 332 g/mol. The molecule has 2 saturated heterocycles. The van der Waals surface area contributed by atoms with E-state index in [1.807, 2.05) is 4.90 Å². The van der Waals surface area contributed by atoms with Gasteiger partial charge in [0, 0.05) is 25.2 Å². The summed E-state index contributed by atoms with van der Waals surface area (Å²) in [6.07, 6.45) is 6.00. The highest BCUT2D eigenvalue weighted by molar-refractivity contribution is 5.94. The van der Waals surface area contributed by atoms with Crippen molar-refractivity contribution in [3.63, 3.8) is 0 Å². The lowest BCUT2D eigenvalue weighted by Gasteiger charge is -2.32. The van der Waals surface area contributed by atoms with Crippen LogP contribution in [0.1, 0.15) is 49.4 Å². The molecular weight excluding hydrogens is 303 g/mol. The molecule has 1 aromatic rings. The molecule has 3 rings (SSSR count). The molecule has 2 aliphatic rings. The quantitative estimate of drug-likeness (QED) is 0.840. The normalized spacial score (nSPS) is 23.9. The van der Waals surface area contributed by atoms with Crippen molar-refractivity contribution in [2.45, 2.75) is 39.0 Å². The molecule has 2 fully saturated rings. The number of likely N-dealkylation sites (tertiary alicyclic amines) is 2. The van der Waals surface area contributed by atoms with E-state index in [0.717, 1.165) is 31.8 Å². The first-order valence-corrected chi connectivity index (χ1v) is 9.39. The number of rotatable bonds is 3. The van der Waals surface area contributed by atoms with E-state index in [1.54, 1.807) is 12.1 Å². The summed E-state index contributed by atoms with van der Waals surface area (Å²) in [6.45, 7) is 7.65. The molecule has 0 spiro atoms. The SMILES string of the molecule is CC1CCN(CC2CCCN(C(=O)c3ccc(F)cc3)CC2)CC1. The molecule has 1 amide bonds. The number of piperidine rings is 1. The number of carbonyl (C=O) groups is 1. The number of nitrogens with zero attached hydrogens (tertiary/aromatic N) is 2. The van der Waals surface area contributed by atoms with E-state index in [1.165, 1.54) is 51.0 Å². The van der Waals surface area contributed by atoms with Crippen LogP contribution in [0.25, 0.3) is 0 Å². The lowest BCUT2D eigenvalue weighted by molar-refractivity contribution is 0.0758. The Bertz CT molecular complexity index is 537. The summed E-state index contributed by atoms with van der Waals surface area (Å²) in [5.74, 6) is 1.32. The zero-order valence-corrected chi connectivity index (χ0v) is 14.7. The molecule has 0 aliphatic carbocycles. The van der Waals surface area contributed by atoms with Gasteiger partial charge < -0.3 is 9.80 Å². The first kappa shape index (κ1) is 17.4. The molecule has 1 aromatic carbocycles. The van der Waals surface area contributed by atoms with Crippen LogP contribution in [0.15, 0.2) is 24.3 Å². The van der Waals surface area contributed by atoms with Crippen LogP contribution in [0.5, 0.6) is 0 Å². The molecule has 2 aliphatic heterocycles. The highest BCUT2D eigenvalue weighted by atomic mass is 19.1. The Morgan fingerprint density at radius 1 is 1.04 bits per heavy atom. The van der Waals surface area contributed by atoms with Gasteiger partial charge in [-0.25, -0.2) is 4.39 Å². The number of halogens is 1. The Morgan fingerprint density at radius 3 is 2.46 bits per heavy atom. The van der Waals surface area contributed by atoms with Crippen LogP contribution in [0.4, 0.5) is 4.39 Å². The summed E-state index contributed by atoms with van der Waals surface area (Å²) in [6, 6.07) is 5.92. The predicted octanol–water partition coefficient (Wildman–Crippen LogP) is 3.80. The van der Waals surface area contributed by atoms with E-state index < -0.39 is 0 Å². The summed E-state index contributed by atoms with van der Waals surface area (Å²) in [4.78, 5) is 17.2. The average Bonchev–Trinajstić information content (AvgIpc) is 2.83. The second-order valence-corrected chi connectivity index (χ2v) is 7.58. The third-order valence-electron chi connectivity index (χ3n) is 5.62. The predicted molar refractivity (Wildman–Crippen MR) is 94.5 cm³/mol. The molecule has 4 heteroatoms. The van der Waals surface area contributed by atoms with Crippen LogP contribution < -0.4 is 0 Å². The van der Waals surface area contributed by atoms with Crippen molar-refractivity contribution in [3.05, 3.63) is 35.6 Å². The lowest BCUT2D eigenvalue weighted by atomic mass is 9.95. The summed E-state index contributed by atoms with van der Waals surface area (Å²) in [5.41, 5.74) is 0.597. The molecule has 3 nitrogen and oxygen atoms in total. The van der Waals surface area contributed by atoms with E-state index in [-0.39, 0.29) is 11.7 Å². The van der Waals surface area contributed by atoms with Crippen LogP contribution in [-0.4, -0.2) is 48.4 Å². The van der Waals surface area contributed by atoms with E-state index in [2.05, 4.69) is 11.8 Å². The fourth-order valence-electron chi connectivity index (χ4n) is 3.94. The fraction of sp³-hybridized carbons (Fsp3) is 0.650. The molecular formula is C20H29FN2O. The van der Waals surface area contributed by atoms with E-state index in [9.17, 15) is 9.18 Å². The van der Waals surface area contributed by atoms with E-state index >= 15 is 0 Å². The highest BCUT2D eigenvalue weighted by Crippen LogP contribution is 2.23. The van der Waals surface area contributed by atoms with Crippen molar-refractivity contribution < 1.29 is 9.18 Å². The van der Waals surface area contributed by atoms with Gasteiger partial charge in [-0.1, -0.05) is 6.92 Å². The minimum absolute atomic E-state index is 0.0439. The molecule has 2 heterocycles. The highest BCUT2D eigenvalue weighted by Gasteiger charge is 2.24. The summed E-state index contributed by atoms with van der Waals surface area (Å²) < 4.78 is 13.0. The average molecular weight is 332 g/mol. The van der Waals surface area contributed by atoms with Gasteiger partial charge in [-0.15, -0.1) is 0 Å². The van der Waals surface area contributed by atoms with Crippen molar-refractivity contribution in [2.75, 3.05) is 32.7 Å². The minimum atomic E-state index is -0.293. The molecule has 0 aromatic heterocycles. The number of hydrogen-bond acceptors (Lipinski definition) is 2. The van der Waals surface area contributed by atoms with Gasteiger partial charge in [-0.3, -0.25) is 4.79 Å². The van der Waals surface area contributed by atoms with Crippen molar-refractivity contribution in [2.24, 2.45) is 11.8 Å². The number of carbonyl (C=O) groups excluding carboxylic acids is 1. The van der Waals surface area contributed by atoms with Gasteiger partial charge in [0.25, 0.3) is 5.91 Å². The molecule has 0 saturated carbocycles. The van der Waals surface area contributed by atoms with Gasteiger partial charge in [0.1, 0.15) is 5.82 Å². The molecule has 1 unspecified atom stereocenters. The second-order valence-electron chi connectivity index (χ2n) is 7.58. The Morgan fingerprint density at radius 2 is 1.75 bits per heavy atom. The van der Waals surface area contributed by atoms with Gasteiger partial charge in [-0.2, -0.15) is 0 Å². The third-order valence-corrected chi connectivity index (χ3v) is 5.62. The Labute approximate surface area is 144 Å². The summed E-state index contributed by atoms with van der Waals surface area (Å²) in [5, 5.41) is 0. The topological polar surface area (TPSA) is 23.6 Å². The minimum Gasteiger partial charge on any atom is -0.339 e. The zero-order chi connectivity index (χ0) is 16.9. The molecule has 0 radical (unpaired) electrons. The van der Waals surface area contributed by atoms with Crippen LogP contribution in [-0.2, 0) is 0 Å². The Hall–Kier alpha value is -1.42. The summed E-state index contributed by atoms with van der Waals surface area (Å²) >= 11 is 0. The Kier molecular flexibility index (Phi) is 5.88. The van der Waals surface area contributed by atoms with Gasteiger partial charge in [0.05, 0.1) is 0 Å². The first-order chi connectivity index (χ1) is 11.6. The standard InChI is InChI=1S/C20H29FN2O/c1-16-8-12-22(13-9-16)15-17-3-2-11-23(14-10-17)20(24)18-4-6-19(21)7-5-18/h4-7,16-17H,2-3,8-15H2,1H3. The van der Waals surface area contributed by atoms with Crippen LogP contribution in [0, 0.1) is 17.7 Å². The van der Waals surface area contributed by atoms with Gasteiger partial charge in [0.15, 0.2) is 0 Å². The maximum atomic E-state index is 13.0. The van der Waals surface area contributed by atoms with Crippen molar-refractivity contribution in [3.8, 4) is 0 Å². The number of amides is 1. The molecule has 24 heavy (non-hydrogen) atoms. The first-order valence-electron chi connectivity index (χ1n) is 9.39. The zero-order valence-electron chi connectivity index (χ0n) is 14.7. The maximum Gasteiger partial charge on any atom is 0.253 e. The van der Waals surface area contributed by atoms with E-state index in [4.69, 9.17) is 0 Å². The van der Waals surface area contributed by atoms with Gasteiger partial charge in [-0.05, 0) is 81.3 Å². The molecule has 0 N–H and O–H groups in total. The van der Waals surface area contributed by atoms with Crippen molar-refractivity contribution >= 4 is 5.91 Å². The maximum absolute atomic E-state index is 13.0. The van der Waals surface area contributed by atoms with Crippen LogP contribution in [0.2, 0.25) is 0 Å². The van der Waals surface area contributed by atoms with Crippen molar-refractivity contribution in [1.29, 1.82) is 0 Å².